The summed E-state index contributed by atoms with van der Waals surface area (Å²) in [7, 11) is 0. The summed E-state index contributed by atoms with van der Waals surface area (Å²) >= 11 is 1.72. The fraction of sp³-hybridized carbons (Fsp3) is 0.333. The molecule has 0 fully saturated rings. The smallest absolute Gasteiger partial charge is 0.138 e. The van der Waals surface area contributed by atoms with Crippen molar-refractivity contribution >= 4 is 11.8 Å². The van der Waals surface area contributed by atoms with E-state index in [0.29, 0.717) is 6.61 Å². The topological polar surface area (TPSA) is 44.5 Å². The lowest BCUT2D eigenvalue weighted by Crippen LogP contribution is -2.03. The summed E-state index contributed by atoms with van der Waals surface area (Å²) in [5.74, 6) is 6.67. The Morgan fingerprint density at radius 2 is 2.46 bits per heavy atom. The monoisotopic (exact) mass is 197 g/mol. The number of benzene rings is 1. The molecule has 2 N–H and O–H groups in total. The van der Waals surface area contributed by atoms with Gasteiger partial charge >= 0.3 is 0 Å². The molecule has 1 aliphatic heterocycles. The lowest BCUT2D eigenvalue weighted by Gasteiger charge is -2.02. The van der Waals surface area contributed by atoms with Crippen molar-refractivity contribution in [2.75, 3.05) is 12.5 Å². The Kier molecular flexibility index (Phi) is 2.73. The second-order valence-corrected chi connectivity index (χ2v) is 3.77. The van der Waals surface area contributed by atoms with Gasteiger partial charge in [0, 0.05) is 0 Å². The molecule has 2 rings (SSSR count). The van der Waals surface area contributed by atoms with Crippen LogP contribution >= 0.6 is 11.8 Å². The van der Waals surface area contributed by atoms with Gasteiger partial charge in [-0.1, -0.05) is 17.8 Å². The average Bonchev–Trinajstić information content (AvgIpc) is 2.61. The second kappa shape index (κ2) is 4.00. The molecule has 0 aliphatic carbocycles. The molecule has 0 amide bonds. The highest BCUT2D eigenvalue weighted by atomic mass is 32.2. The molecule has 0 aromatic heterocycles. The molecule has 0 saturated carbocycles. The molecule has 70 valence electrons. The van der Waals surface area contributed by atoms with E-state index >= 15 is 0 Å². The van der Waals surface area contributed by atoms with Gasteiger partial charge in [0.2, 0.25) is 0 Å². The maximum atomic E-state index is 5.41. The van der Waals surface area contributed by atoms with Gasteiger partial charge in [-0.3, -0.25) is 0 Å². The zero-order valence-electron chi connectivity index (χ0n) is 7.16. The van der Waals surface area contributed by atoms with Gasteiger partial charge in [-0.2, -0.15) is 0 Å². The summed E-state index contributed by atoms with van der Waals surface area (Å²) in [4.78, 5) is 5.74. The van der Waals surface area contributed by atoms with Gasteiger partial charge in [-0.05, 0) is 24.1 Å². The molecule has 4 heteroatoms. The van der Waals surface area contributed by atoms with Crippen LogP contribution in [0.4, 0.5) is 0 Å². The molecule has 13 heavy (non-hydrogen) atoms. The number of hydrogen-bond donors (Lipinski definition) is 1. The van der Waals surface area contributed by atoms with Crippen molar-refractivity contribution < 1.29 is 9.57 Å². The van der Waals surface area contributed by atoms with Crippen molar-refractivity contribution in [3.8, 4) is 5.75 Å². The van der Waals surface area contributed by atoms with Crippen LogP contribution in [0.1, 0.15) is 5.56 Å². The Hall–Kier alpha value is -0.710. The minimum atomic E-state index is 0.548. The SMILES string of the molecule is NOCCc1ccc2c(c1)OCS2. The molecule has 0 unspecified atom stereocenters. The van der Waals surface area contributed by atoms with E-state index in [-0.39, 0.29) is 0 Å². The van der Waals surface area contributed by atoms with Crippen LogP contribution < -0.4 is 10.6 Å². The van der Waals surface area contributed by atoms with Gasteiger partial charge in [-0.15, -0.1) is 0 Å². The molecule has 3 nitrogen and oxygen atoms in total. The highest BCUT2D eigenvalue weighted by Crippen LogP contribution is 2.36. The molecule has 0 bridgehead atoms. The maximum absolute atomic E-state index is 5.41. The van der Waals surface area contributed by atoms with Crippen LogP contribution in [-0.4, -0.2) is 12.5 Å². The summed E-state index contributed by atoms with van der Waals surface area (Å²) in [5, 5.41) is 0. The summed E-state index contributed by atoms with van der Waals surface area (Å²) in [6.07, 6.45) is 0.831. The normalized spacial score (nSPS) is 13.9. The van der Waals surface area contributed by atoms with Crippen molar-refractivity contribution in [3.63, 3.8) is 0 Å². The zero-order chi connectivity index (χ0) is 9.10. The van der Waals surface area contributed by atoms with E-state index in [9.17, 15) is 0 Å². The van der Waals surface area contributed by atoms with Gasteiger partial charge in [-0.25, -0.2) is 5.90 Å². The molecule has 1 aromatic carbocycles. The number of hydrogen-bond acceptors (Lipinski definition) is 4. The molecule has 1 aromatic rings. The van der Waals surface area contributed by atoms with E-state index in [4.69, 9.17) is 10.6 Å². The first kappa shape index (κ1) is 8.87. The lowest BCUT2D eigenvalue weighted by atomic mass is 10.1. The summed E-state index contributed by atoms with van der Waals surface area (Å²) < 4.78 is 5.41. The van der Waals surface area contributed by atoms with Gasteiger partial charge in [0.05, 0.1) is 11.5 Å². The number of nitrogens with two attached hydrogens (primary N) is 1. The van der Waals surface area contributed by atoms with Gasteiger partial charge in [0.15, 0.2) is 0 Å². The Morgan fingerprint density at radius 1 is 1.54 bits per heavy atom. The predicted molar refractivity (Wildman–Crippen MR) is 51.6 cm³/mol. The van der Waals surface area contributed by atoms with E-state index in [1.54, 1.807) is 11.8 Å². The highest BCUT2D eigenvalue weighted by molar-refractivity contribution is 7.99. The van der Waals surface area contributed by atoms with Crippen LogP contribution in [0.3, 0.4) is 0 Å². The third-order valence-corrected chi connectivity index (χ3v) is 2.83. The summed E-state index contributed by atoms with van der Waals surface area (Å²) in [5.41, 5.74) is 1.20. The van der Waals surface area contributed by atoms with Crippen molar-refractivity contribution in [2.45, 2.75) is 11.3 Å². The average molecular weight is 197 g/mol. The third kappa shape index (κ3) is 1.96. The van der Waals surface area contributed by atoms with Crippen molar-refractivity contribution in [3.05, 3.63) is 23.8 Å². The first-order valence-corrected chi connectivity index (χ1v) is 5.09. The van der Waals surface area contributed by atoms with E-state index < -0.39 is 0 Å². The fourth-order valence-corrected chi connectivity index (χ4v) is 2.01. The maximum Gasteiger partial charge on any atom is 0.138 e. The summed E-state index contributed by atoms with van der Waals surface area (Å²) in [6, 6.07) is 6.22. The minimum Gasteiger partial charge on any atom is -0.481 e. The largest absolute Gasteiger partial charge is 0.481 e. The van der Waals surface area contributed by atoms with Crippen LogP contribution in [0.5, 0.6) is 5.75 Å². The Balaban J connectivity index is 2.12. The van der Waals surface area contributed by atoms with Gasteiger partial charge in [0.1, 0.15) is 11.7 Å². The van der Waals surface area contributed by atoms with Crippen LogP contribution in [0.2, 0.25) is 0 Å². The first-order chi connectivity index (χ1) is 6.40. The van der Waals surface area contributed by atoms with Crippen LogP contribution in [0.25, 0.3) is 0 Å². The van der Waals surface area contributed by atoms with E-state index in [2.05, 4.69) is 17.0 Å². The van der Waals surface area contributed by atoms with Gasteiger partial charge in [0.25, 0.3) is 0 Å². The van der Waals surface area contributed by atoms with E-state index in [0.717, 1.165) is 18.1 Å². The Labute approximate surface area is 81.2 Å². The molecule has 0 saturated heterocycles. The first-order valence-electron chi connectivity index (χ1n) is 4.10. The molecular formula is C9H11NO2S. The van der Waals surface area contributed by atoms with Gasteiger partial charge < -0.3 is 9.57 Å². The van der Waals surface area contributed by atoms with Crippen molar-refractivity contribution in [2.24, 2.45) is 5.90 Å². The third-order valence-electron chi connectivity index (χ3n) is 1.95. The molecule has 0 radical (unpaired) electrons. The van der Waals surface area contributed by atoms with Crippen LogP contribution in [-0.2, 0) is 11.3 Å². The predicted octanol–water partition coefficient (Wildman–Crippen LogP) is 1.56. The Morgan fingerprint density at radius 3 is 3.31 bits per heavy atom. The number of ether oxygens (including phenoxy) is 1. The quantitative estimate of drug-likeness (QED) is 0.747. The molecular weight excluding hydrogens is 186 g/mol. The molecule has 1 heterocycles. The Bertz CT molecular complexity index is 304. The number of thioether (sulfide) groups is 1. The van der Waals surface area contributed by atoms with Crippen molar-refractivity contribution in [1.82, 2.24) is 0 Å². The van der Waals surface area contributed by atoms with E-state index in [1.165, 1.54) is 10.5 Å². The second-order valence-electron chi connectivity index (χ2n) is 2.81. The lowest BCUT2D eigenvalue weighted by molar-refractivity contribution is 0.141. The van der Waals surface area contributed by atoms with Crippen LogP contribution in [0, 0.1) is 0 Å². The van der Waals surface area contributed by atoms with Crippen molar-refractivity contribution in [1.29, 1.82) is 0 Å². The molecule has 0 spiro atoms. The van der Waals surface area contributed by atoms with Crippen LogP contribution in [0.15, 0.2) is 23.1 Å². The standard InChI is InChI=1S/C9H11NO2S/c10-12-4-3-7-1-2-9-8(5-7)11-6-13-9/h1-2,5H,3-4,6,10H2. The number of fused-ring (bicyclic) bond motifs is 1. The zero-order valence-corrected chi connectivity index (χ0v) is 7.97. The summed E-state index contributed by atoms with van der Waals surface area (Å²) in [6.45, 7) is 0.548. The highest BCUT2D eigenvalue weighted by Gasteiger charge is 2.12. The fourth-order valence-electron chi connectivity index (χ4n) is 1.27. The van der Waals surface area contributed by atoms with E-state index in [1.807, 2.05) is 6.07 Å². The molecule has 1 aliphatic rings. The minimum absolute atomic E-state index is 0.548. The number of rotatable bonds is 3. The molecule has 0 atom stereocenters.